The Bertz CT molecular complexity index is 293. The summed E-state index contributed by atoms with van der Waals surface area (Å²) in [6.45, 7) is 6.23. The van der Waals surface area contributed by atoms with E-state index in [1.165, 1.54) is 5.56 Å². The van der Waals surface area contributed by atoms with Gasteiger partial charge in [-0.25, -0.2) is 4.29 Å². The maximum absolute atomic E-state index is 5.58. The molecule has 0 aliphatic heterocycles. The third-order valence-corrected chi connectivity index (χ3v) is 2.25. The lowest BCUT2D eigenvalue weighted by molar-refractivity contribution is -0.00256. The number of ether oxygens (including phenoxy) is 1. The highest BCUT2D eigenvalue weighted by Crippen LogP contribution is 2.18. The van der Waals surface area contributed by atoms with E-state index in [1.54, 1.807) is 0 Å². The molecule has 0 N–H and O–H groups in total. The number of rotatable bonds is 5. The van der Waals surface area contributed by atoms with Crippen molar-refractivity contribution in [1.82, 2.24) is 0 Å². The largest absolute Gasteiger partial charge is 0.463 e. The Morgan fingerprint density at radius 2 is 1.71 bits per heavy atom. The summed E-state index contributed by atoms with van der Waals surface area (Å²) in [7, 11) is 0. The molecule has 1 aromatic rings. The van der Waals surface area contributed by atoms with Crippen molar-refractivity contribution >= 4 is 38.7 Å². The van der Waals surface area contributed by atoms with Crippen LogP contribution in [0.25, 0.3) is 0 Å². The molecule has 0 bridgehead atoms. The second-order valence-electron chi connectivity index (χ2n) is 4.08. The van der Waals surface area contributed by atoms with E-state index in [1.807, 2.05) is 31.2 Å². The Hall–Kier alpha value is 0.180. The van der Waals surface area contributed by atoms with Gasteiger partial charge in [0.15, 0.2) is 0 Å². The summed E-state index contributed by atoms with van der Waals surface area (Å²) in [5.74, 6) is 1.27. The van der Waals surface area contributed by atoms with Crippen LogP contribution in [0.5, 0.6) is 5.75 Å². The first-order valence-electron chi connectivity index (χ1n) is 5.12. The van der Waals surface area contributed by atoms with E-state index in [2.05, 4.69) is 13.8 Å². The van der Waals surface area contributed by atoms with Crippen LogP contribution >= 0.6 is 38.7 Å². The van der Waals surface area contributed by atoms with Gasteiger partial charge in [0.05, 0.1) is 11.9 Å². The molecule has 0 fully saturated rings. The van der Waals surface area contributed by atoms with Crippen LogP contribution in [-0.2, 0) is 4.29 Å². The number of benzene rings is 1. The molecule has 5 heteroatoms. The highest BCUT2D eigenvalue weighted by Gasteiger charge is 2.12. The molecule has 0 aliphatic rings. The zero-order chi connectivity index (χ0) is 11.3. The van der Waals surface area contributed by atoms with Gasteiger partial charge in [-0.2, -0.15) is 9.90 Å². The van der Waals surface area contributed by atoms with Crippen molar-refractivity contribution in [2.45, 2.75) is 33.5 Å². The predicted molar refractivity (Wildman–Crippen MR) is 83.4 cm³/mol. The molecular weight excluding hydrogens is 322 g/mol. The van der Waals surface area contributed by atoms with Crippen LogP contribution in [0.3, 0.4) is 0 Å². The molecule has 0 radical (unpaired) electrons. The van der Waals surface area contributed by atoms with E-state index >= 15 is 0 Å². The highest BCUT2D eigenvalue weighted by molar-refractivity contribution is 8.93. The summed E-state index contributed by atoms with van der Waals surface area (Å²) in [6, 6.07) is 7.82. The molecule has 0 saturated heterocycles. The first kappa shape index (κ1) is 19.5. The summed E-state index contributed by atoms with van der Waals surface area (Å²) < 4.78 is 10.3. The molecule has 1 aromatic carbocycles. The van der Waals surface area contributed by atoms with Crippen molar-refractivity contribution < 1.29 is 9.03 Å². The average Bonchev–Trinajstić information content (AvgIpc) is 2.19. The summed E-state index contributed by atoms with van der Waals surface area (Å²) in [6.07, 6.45) is 0.395. The molecule has 0 heterocycles. The lowest BCUT2D eigenvalue weighted by Gasteiger charge is -2.17. The third kappa shape index (κ3) is 7.99. The SMILES string of the molecule is Br.Cc1ccc(OC(CC(C)C)OCl)cc1.P. The maximum Gasteiger partial charge on any atom is 0.218 e. The van der Waals surface area contributed by atoms with Gasteiger partial charge < -0.3 is 4.74 Å². The van der Waals surface area contributed by atoms with Gasteiger partial charge in [-0.15, -0.1) is 17.0 Å². The van der Waals surface area contributed by atoms with Crippen LogP contribution in [-0.4, -0.2) is 6.29 Å². The second kappa shape index (κ2) is 10.1. The number of aryl methyl sites for hydroxylation is 1. The van der Waals surface area contributed by atoms with Crippen molar-refractivity contribution in [3.05, 3.63) is 29.8 Å². The molecule has 0 aromatic heterocycles. The normalized spacial score (nSPS) is 11.4. The van der Waals surface area contributed by atoms with Crippen LogP contribution in [0.2, 0.25) is 0 Å². The molecule has 2 nitrogen and oxygen atoms in total. The molecular formula is C12H21BrClO2P. The standard InChI is InChI=1S/C12H17ClO2.BrH.H3P/c1-9(2)8-12(15-13)14-11-6-4-10(3)5-7-11;;/h4-7,9,12H,8H2,1-3H3;1H;1H3. The van der Waals surface area contributed by atoms with Crippen LogP contribution < -0.4 is 4.74 Å². The summed E-state index contributed by atoms with van der Waals surface area (Å²) in [5, 5.41) is 0. The topological polar surface area (TPSA) is 18.5 Å². The molecule has 2 unspecified atom stereocenters. The Morgan fingerprint density at radius 3 is 2.12 bits per heavy atom. The van der Waals surface area contributed by atoms with E-state index in [9.17, 15) is 0 Å². The molecule has 0 spiro atoms. The first-order chi connectivity index (χ1) is 7.11. The fraction of sp³-hybridized carbons (Fsp3) is 0.500. The number of hydrogen-bond acceptors (Lipinski definition) is 2. The molecule has 0 aliphatic carbocycles. The zero-order valence-corrected chi connectivity index (χ0v) is 14.4. The van der Waals surface area contributed by atoms with Gasteiger partial charge in [0, 0.05) is 6.42 Å². The van der Waals surface area contributed by atoms with Gasteiger partial charge in [-0.05, 0) is 25.0 Å². The van der Waals surface area contributed by atoms with Crippen LogP contribution in [0, 0.1) is 12.8 Å². The van der Waals surface area contributed by atoms with Gasteiger partial charge >= 0.3 is 0 Å². The molecule has 1 rings (SSSR count). The molecule has 100 valence electrons. The lowest BCUT2D eigenvalue weighted by atomic mass is 10.1. The minimum atomic E-state index is -0.380. The summed E-state index contributed by atoms with van der Waals surface area (Å²) in [4.78, 5) is 0. The van der Waals surface area contributed by atoms with Crippen LogP contribution in [0.1, 0.15) is 25.8 Å². The molecule has 17 heavy (non-hydrogen) atoms. The van der Waals surface area contributed by atoms with Crippen molar-refractivity contribution in [3.63, 3.8) is 0 Å². The Labute approximate surface area is 123 Å². The number of halogens is 2. The summed E-state index contributed by atoms with van der Waals surface area (Å²) >= 11 is 5.37. The monoisotopic (exact) mass is 342 g/mol. The quantitative estimate of drug-likeness (QED) is 0.577. The van der Waals surface area contributed by atoms with E-state index in [-0.39, 0.29) is 33.2 Å². The summed E-state index contributed by atoms with van der Waals surface area (Å²) in [5.41, 5.74) is 1.20. The third-order valence-electron chi connectivity index (χ3n) is 2.05. The van der Waals surface area contributed by atoms with E-state index < -0.39 is 0 Å². The van der Waals surface area contributed by atoms with Crippen molar-refractivity contribution in [2.24, 2.45) is 5.92 Å². The fourth-order valence-corrected chi connectivity index (χ4v) is 1.37. The fourth-order valence-electron chi connectivity index (χ4n) is 1.26. The molecule has 0 saturated carbocycles. The van der Waals surface area contributed by atoms with Gasteiger partial charge in [-0.3, -0.25) is 0 Å². The maximum atomic E-state index is 5.58. The van der Waals surface area contributed by atoms with Crippen molar-refractivity contribution in [1.29, 1.82) is 0 Å². The van der Waals surface area contributed by atoms with Crippen LogP contribution in [0.15, 0.2) is 24.3 Å². The van der Waals surface area contributed by atoms with Gasteiger partial charge in [0.25, 0.3) is 0 Å². The van der Waals surface area contributed by atoms with E-state index in [0.29, 0.717) is 5.92 Å². The van der Waals surface area contributed by atoms with Gasteiger partial charge in [0.1, 0.15) is 5.75 Å². The van der Waals surface area contributed by atoms with E-state index in [0.717, 1.165) is 12.2 Å². The van der Waals surface area contributed by atoms with Gasteiger partial charge in [0.2, 0.25) is 6.29 Å². The van der Waals surface area contributed by atoms with Crippen LogP contribution in [0.4, 0.5) is 0 Å². The molecule has 2 atom stereocenters. The predicted octanol–water partition coefficient (Wildman–Crippen LogP) is 4.55. The second-order valence-corrected chi connectivity index (χ2v) is 4.26. The average molecular weight is 344 g/mol. The van der Waals surface area contributed by atoms with Crippen molar-refractivity contribution in [3.8, 4) is 5.75 Å². The Kier molecular flexibility index (Phi) is 11.6. The van der Waals surface area contributed by atoms with Crippen molar-refractivity contribution in [2.75, 3.05) is 0 Å². The zero-order valence-electron chi connectivity index (χ0n) is 10.5. The Balaban J connectivity index is 0. The van der Waals surface area contributed by atoms with E-state index in [4.69, 9.17) is 20.9 Å². The smallest absolute Gasteiger partial charge is 0.218 e. The first-order valence-corrected chi connectivity index (χ1v) is 5.43. The van der Waals surface area contributed by atoms with Gasteiger partial charge in [-0.1, -0.05) is 31.5 Å². The molecule has 0 amide bonds. The number of hydrogen-bond donors (Lipinski definition) is 0. The lowest BCUT2D eigenvalue weighted by Crippen LogP contribution is -2.19. The minimum Gasteiger partial charge on any atom is -0.463 e. The minimum absolute atomic E-state index is 0. The highest BCUT2D eigenvalue weighted by atomic mass is 79.9. The Morgan fingerprint density at radius 1 is 1.18 bits per heavy atom.